The largest absolute Gasteiger partial charge is 0.480 e. The van der Waals surface area contributed by atoms with Crippen LogP contribution in [0.4, 0.5) is 5.69 Å². The van der Waals surface area contributed by atoms with Crippen molar-refractivity contribution in [1.82, 2.24) is 4.72 Å². The van der Waals surface area contributed by atoms with E-state index in [1.54, 1.807) is 42.5 Å². The maximum atomic E-state index is 12.7. The zero-order chi connectivity index (χ0) is 22.4. The summed E-state index contributed by atoms with van der Waals surface area (Å²) in [7, 11) is -4.07. The standard InChI is InChI=1S/C23H22N2O5S/c1-16-7-9-18(10-8-16)22(26)24-19-11-13-20(14-12-19)31(29,30)25-21(23(27)28)15-17-5-3-2-4-6-17/h2-14,21,25H,15H2,1H3,(H,24,26)(H,27,28). The monoisotopic (exact) mass is 438 g/mol. The number of carboxylic acid groups (broad SMARTS) is 1. The van der Waals surface area contributed by atoms with E-state index in [2.05, 4.69) is 10.0 Å². The van der Waals surface area contributed by atoms with Crippen LogP contribution in [0.15, 0.2) is 83.8 Å². The van der Waals surface area contributed by atoms with Gasteiger partial charge in [0.1, 0.15) is 6.04 Å². The molecule has 0 fully saturated rings. The van der Waals surface area contributed by atoms with Gasteiger partial charge in [0.25, 0.3) is 5.91 Å². The van der Waals surface area contributed by atoms with Gasteiger partial charge in [-0.25, -0.2) is 8.42 Å². The topological polar surface area (TPSA) is 113 Å². The Morgan fingerprint density at radius 1 is 0.903 bits per heavy atom. The van der Waals surface area contributed by atoms with E-state index >= 15 is 0 Å². The number of aliphatic carboxylic acids is 1. The van der Waals surface area contributed by atoms with Crippen molar-refractivity contribution in [3.8, 4) is 0 Å². The van der Waals surface area contributed by atoms with Gasteiger partial charge in [0.15, 0.2) is 0 Å². The van der Waals surface area contributed by atoms with E-state index in [9.17, 15) is 23.1 Å². The molecule has 1 atom stereocenters. The van der Waals surface area contributed by atoms with Crippen LogP contribution in [-0.4, -0.2) is 31.4 Å². The van der Waals surface area contributed by atoms with E-state index in [0.717, 1.165) is 5.56 Å². The molecule has 0 aliphatic rings. The fourth-order valence-corrected chi connectivity index (χ4v) is 4.10. The van der Waals surface area contributed by atoms with Crippen molar-refractivity contribution in [2.75, 3.05) is 5.32 Å². The third kappa shape index (κ3) is 6.00. The number of nitrogens with one attached hydrogen (secondary N) is 2. The van der Waals surface area contributed by atoms with E-state index in [4.69, 9.17) is 0 Å². The van der Waals surface area contributed by atoms with Crippen molar-refractivity contribution in [3.63, 3.8) is 0 Å². The van der Waals surface area contributed by atoms with E-state index in [-0.39, 0.29) is 17.2 Å². The predicted octanol–water partition coefficient (Wildman–Crippen LogP) is 3.22. The molecular formula is C23H22N2O5S. The van der Waals surface area contributed by atoms with Gasteiger partial charge in [-0.15, -0.1) is 0 Å². The number of rotatable bonds is 8. The minimum absolute atomic E-state index is 0.0140. The van der Waals surface area contributed by atoms with Crippen LogP contribution in [0.3, 0.4) is 0 Å². The average molecular weight is 439 g/mol. The minimum Gasteiger partial charge on any atom is -0.480 e. The van der Waals surface area contributed by atoms with Crippen molar-refractivity contribution < 1.29 is 23.1 Å². The Balaban J connectivity index is 1.70. The number of carboxylic acids is 1. The molecule has 1 amide bonds. The first-order valence-electron chi connectivity index (χ1n) is 9.52. The number of sulfonamides is 1. The lowest BCUT2D eigenvalue weighted by Gasteiger charge is -2.15. The average Bonchev–Trinajstić information content (AvgIpc) is 2.74. The quantitative estimate of drug-likeness (QED) is 0.500. The Morgan fingerprint density at radius 3 is 2.10 bits per heavy atom. The SMILES string of the molecule is Cc1ccc(C(=O)Nc2ccc(S(=O)(=O)NC(Cc3ccccc3)C(=O)O)cc2)cc1. The highest BCUT2D eigenvalue weighted by Crippen LogP contribution is 2.16. The van der Waals surface area contributed by atoms with Gasteiger partial charge in [-0.05, 0) is 55.3 Å². The Bertz CT molecular complexity index is 1160. The lowest BCUT2D eigenvalue weighted by Crippen LogP contribution is -2.42. The third-order valence-electron chi connectivity index (χ3n) is 4.61. The van der Waals surface area contributed by atoms with Crippen LogP contribution in [0.2, 0.25) is 0 Å². The molecule has 3 aromatic rings. The minimum atomic E-state index is -4.07. The maximum absolute atomic E-state index is 12.7. The van der Waals surface area contributed by atoms with Crippen molar-refractivity contribution >= 4 is 27.6 Å². The molecule has 0 aliphatic heterocycles. The van der Waals surface area contributed by atoms with Gasteiger partial charge in [0, 0.05) is 11.3 Å². The van der Waals surface area contributed by atoms with Gasteiger partial charge in [-0.1, -0.05) is 48.0 Å². The first-order chi connectivity index (χ1) is 14.7. The lowest BCUT2D eigenvalue weighted by atomic mass is 10.1. The summed E-state index contributed by atoms with van der Waals surface area (Å²) in [5.41, 5.74) is 2.63. The lowest BCUT2D eigenvalue weighted by molar-refractivity contribution is -0.138. The molecule has 8 heteroatoms. The molecule has 0 aromatic heterocycles. The summed E-state index contributed by atoms with van der Waals surface area (Å²) in [6.45, 7) is 1.92. The Morgan fingerprint density at radius 2 is 1.52 bits per heavy atom. The van der Waals surface area contributed by atoms with Gasteiger partial charge < -0.3 is 10.4 Å². The number of amides is 1. The van der Waals surface area contributed by atoms with Crippen LogP contribution in [0.5, 0.6) is 0 Å². The highest BCUT2D eigenvalue weighted by Gasteiger charge is 2.25. The Labute approximate surface area is 180 Å². The van der Waals surface area contributed by atoms with Crippen LogP contribution >= 0.6 is 0 Å². The smallest absolute Gasteiger partial charge is 0.322 e. The second kappa shape index (κ2) is 9.55. The maximum Gasteiger partial charge on any atom is 0.322 e. The van der Waals surface area contributed by atoms with Gasteiger partial charge in [0.2, 0.25) is 10.0 Å². The number of carbonyl (C=O) groups is 2. The summed E-state index contributed by atoms with van der Waals surface area (Å²) in [6.07, 6.45) is 0.0140. The number of benzene rings is 3. The molecule has 7 nitrogen and oxygen atoms in total. The zero-order valence-electron chi connectivity index (χ0n) is 16.8. The van der Waals surface area contributed by atoms with E-state index in [0.29, 0.717) is 16.8 Å². The van der Waals surface area contributed by atoms with Crippen LogP contribution < -0.4 is 10.0 Å². The molecule has 160 valence electrons. The summed E-state index contributed by atoms with van der Waals surface area (Å²) in [4.78, 5) is 23.8. The van der Waals surface area contributed by atoms with E-state index in [1.165, 1.54) is 24.3 Å². The fourth-order valence-electron chi connectivity index (χ4n) is 2.91. The molecule has 0 saturated heterocycles. The first kappa shape index (κ1) is 22.2. The second-order valence-electron chi connectivity index (χ2n) is 7.05. The summed E-state index contributed by atoms with van der Waals surface area (Å²) < 4.78 is 27.6. The van der Waals surface area contributed by atoms with Crippen molar-refractivity contribution in [1.29, 1.82) is 0 Å². The predicted molar refractivity (Wildman–Crippen MR) is 117 cm³/mol. The van der Waals surface area contributed by atoms with Gasteiger partial charge in [0.05, 0.1) is 4.90 Å². The van der Waals surface area contributed by atoms with E-state index in [1.807, 2.05) is 19.1 Å². The first-order valence-corrected chi connectivity index (χ1v) is 11.0. The summed E-state index contributed by atoms with van der Waals surface area (Å²) >= 11 is 0. The van der Waals surface area contributed by atoms with Gasteiger partial charge >= 0.3 is 5.97 Å². The van der Waals surface area contributed by atoms with E-state index < -0.39 is 22.0 Å². The molecule has 0 radical (unpaired) electrons. The van der Waals surface area contributed by atoms with Crippen molar-refractivity contribution in [2.24, 2.45) is 0 Å². The Hall–Kier alpha value is -3.49. The van der Waals surface area contributed by atoms with Gasteiger partial charge in [-0.2, -0.15) is 4.72 Å². The second-order valence-corrected chi connectivity index (χ2v) is 8.76. The number of aryl methyl sites for hydroxylation is 1. The highest BCUT2D eigenvalue weighted by atomic mass is 32.2. The number of anilines is 1. The molecule has 3 N–H and O–H groups in total. The van der Waals surface area contributed by atoms with Crippen LogP contribution in [0.25, 0.3) is 0 Å². The summed E-state index contributed by atoms with van der Waals surface area (Å²) in [5.74, 6) is -1.59. The van der Waals surface area contributed by atoms with Crippen LogP contribution in [0.1, 0.15) is 21.5 Å². The van der Waals surface area contributed by atoms with Crippen molar-refractivity contribution in [3.05, 3.63) is 95.6 Å². The molecular weight excluding hydrogens is 416 g/mol. The molecule has 0 heterocycles. The van der Waals surface area contributed by atoms with Crippen LogP contribution in [0, 0.1) is 6.92 Å². The normalized spacial score (nSPS) is 12.2. The summed E-state index contributed by atoms with van der Waals surface area (Å²) in [5, 5.41) is 12.1. The zero-order valence-corrected chi connectivity index (χ0v) is 17.6. The number of hydrogen-bond acceptors (Lipinski definition) is 4. The van der Waals surface area contributed by atoms with Gasteiger partial charge in [-0.3, -0.25) is 9.59 Å². The Kier molecular flexibility index (Phi) is 6.84. The number of hydrogen-bond donors (Lipinski definition) is 3. The molecule has 0 spiro atoms. The third-order valence-corrected chi connectivity index (χ3v) is 6.10. The molecule has 0 saturated carbocycles. The molecule has 0 bridgehead atoms. The highest BCUT2D eigenvalue weighted by molar-refractivity contribution is 7.89. The number of carbonyl (C=O) groups excluding carboxylic acids is 1. The van der Waals surface area contributed by atoms with Crippen molar-refractivity contribution in [2.45, 2.75) is 24.3 Å². The molecule has 3 rings (SSSR count). The van der Waals surface area contributed by atoms with Crippen LogP contribution in [-0.2, 0) is 21.2 Å². The fraction of sp³-hybridized carbons (Fsp3) is 0.130. The summed E-state index contributed by atoms with van der Waals surface area (Å²) in [6, 6.07) is 20.0. The molecule has 3 aromatic carbocycles. The molecule has 31 heavy (non-hydrogen) atoms. The molecule has 0 aliphatic carbocycles. The molecule has 1 unspecified atom stereocenters.